The van der Waals surface area contributed by atoms with Gasteiger partial charge in [0.2, 0.25) is 21.8 Å². The van der Waals surface area contributed by atoms with Crippen LogP contribution in [0.5, 0.6) is 0 Å². The van der Waals surface area contributed by atoms with Crippen molar-refractivity contribution in [1.82, 2.24) is 14.1 Å². The van der Waals surface area contributed by atoms with Gasteiger partial charge in [0.25, 0.3) is 0 Å². The second-order valence-electron chi connectivity index (χ2n) is 5.25. The van der Waals surface area contributed by atoms with Crippen molar-refractivity contribution in [1.29, 1.82) is 0 Å². The van der Waals surface area contributed by atoms with Crippen molar-refractivity contribution in [3.8, 4) is 0 Å². The van der Waals surface area contributed by atoms with E-state index in [2.05, 4.69) is 0 Å². The lowest BCUT2D eigenvalue weighted by Gasteiger charge is -2.35. The maximum Gasteiger partial charge on any atom is 0.406 e. The summed E-state index contributed by atoms with van der Waals surface area (Å²) in [5.74, 6) is -1.37. The van der Waals surface area contributed by atoms with Gasteiger partial charge in [-0.15, -0.1) is 0 Å². The lowest BCUT2D eigenvalue weighted by molar-refractivity contribution is -0.167. The molecule has 126 valence electrons. The van der Waals surface area contributed by atoms with Crippen LogP contribution in [-0.2, 0) is 19.6 Å². The highest BCUT2D eigenvalue weighted by molar-refractivity contribution is 7.89. The molecule has 2 aliphatic heterocycles. The summed E-state index contributed by atoms with van der Waals surface area (Å²) < 4.78 is 61.1. The van der Waals surface area contributed by atoms with Gasteiger partial charge in [-0.25, -0.2) is 8.42 Å². The van der Waals surface area contributed by atoms with Gasteiger partial charge in [0.15, 0.2) is 0 Å². The van der Waals surface area contributed by atoms with E-state index in [-0.39, 0.29) is 31.9 Å². The number of carbonyl (C=O) groups excluding carboxylic acids is 2. The number of alkyl halides is 3. The molecule has 0 bridgehead atoms. The van der Waals surface area contributed by atoms with Gasteiger partial charge in [-0.05, 0) is 6.42 Å². The number of halogens is 3. The quantitative estimate of drug-likeness (QED) is 0.676. The number of carbonyl (C=O) groups is 2. The smallest absolute Gasteiger partial charge is 0.330 e. The SMILES string of the molecule is O=C(CN1CCCS1(=O)=O)N1CCN(CC(F)(F)F)C(=O)C1. The second kappa shape index (κ2) is 6.03. The molecular formula is C11H16F3N3O4S. The first-order valence-corrected chi connectivity index (χ1v) is 8.29. The summed E-state index contributed by atoms with van der Waals surface area (Å²) in [7, 11) is -3.43. The third-order valence-corrected chi connectivity index (χ3v) is 5.46. The van der Waals surface area contributed by atoms with Gasteiger partial charge in [-0.2, -0.15) is 17.5 Å². The normalized spacial score (nSPS) is 23.1. The fourth-order valence-corrected chi connectivity index (χ4v) is 3.89. The summed E-state index contributed by atoms with van der Waals surface area (Å²) >= 11 is 0. The zero-order valence-corrected chi connectivity index (χ0v) is 12.5. The minimum Gasteiger partial charge on any atom is -0.330 e. The molecule has 0 aromatic carbocycles. The third kappa shape index (κ3) is 4.09. The molecule has 22 heavy (non-hydrogen) atoms. The van der Waals surface area contributed by atoms with Crippen molar-refractivity contribution in [3.05, 3.63) is 0 Å². The first kappa shape index (κ1) is 17.0. The van der Waals surface area contributed by atoms with Crippen LogP contribution in [0.3, 0.4) is 0 Å². The Morgan fingerprint density at radius 3 is 2.36 bits per heavy atom. The molecule has 2 saturated heterocycles. The number of nitrogens with zero attached hydrogens (tertiary/aromatic N) is 3. The Labute approximate surface area is 125 Å². The van der Waals surface area contributed by atoms with Crippen LogP contribution in [-0.4, -0.2) is 85.5 Å². The van der Waals surface area contributed by atoms with Crippen molar-refractivity contribution in [3.63, 3.8) is 0 Å². The lowest BCUT2D eigenvalue weighted by Crippen LogP contribution is -2.55. The molecule has 0 aliphatic carbocycles. The van der Waals surface area contributed by atoms with Crippen molar-refractivity contribution in [2.45, 2.75) is 12.6 Å². The molecule has 2 aliphatic rings. The average molecular weight is 343 g/mol. The lowest BCUT2D eigenvalue weighted by atomic mass is 10.3. The summed E-state index contributed by atoms with van der Waals surface area (Å²) in [5.41, 5.74) is 0. The molecule has 7 nitrogen and oxygen atoms in total. The van der Waals surface area contributed by atoms with Crippen molar-refractivity contribution < 1.29 is 31.2 Å². The average Bonchev–Trinajstić information content (AvgIpc) is 2.69. The topological polar surface area (TPSA) is 78.0 Å². The maximum absolute atomic E-state index is 12.3. The summed E-state index contributed by atoms with van der Waals surface area (Å²) in [5, 5.41) is 0. The first-order valence-electron chi connectivity index (χ1n) is 6.69. The van der Waals surface area contributed by atoms with Gasteiger partial charge in [0.1, 0.15) is 6.54 Å². The molecule has 0 aromatic rings. The predicted molar refractivity (Wildman–Crippen MR) is 69.2 cm³/mol. The van der Waals surface area contributed by atoms with Crippen LogP contribution < -0.4 is 0 Å². The van der Waals surface area contributed by atoms with E-state index in [1.807, 2.05) is 0 Å². The fraction of sp³-hybridized carbons (Fsp3) is 0.818. The molecule has 0 aromatic heterocycles. The monoisotopic (exact) mass is 343 g/mol. The van der Waals surface area contributed by atoms with Crippen molar-refractivity contribution in [2.24, 2.45) is 0 Å². The van der Waals surface area contributed by atoms with Crippen LogP contribution in [0.1, 0.15) is 6.42 Å². The second-order valence-corrected chi connectivity index (χ2v) is 7.34. The van der Waals surface area contributed by atoms with Crippen molar-refractivity contribution >= 4 is 21.8 Å². The van der Waals surface area contributed by atoms with Crippen LogP contribution >= 0.6 is 0 Å². The van der Waals surface area contributed by atoms with Crippen LogP contribution in [0.15, 0.2) is 0 Å². The molecule has 2 rings (SSSR count). The predicted octanol–water partition coefficient (Wildman–Crippen LogP) is -0.745. The minimum absolute atomic E-state index is 0.0153. The Morgan fingerprint density at radius 1 is 1.18 bits per heavy atom. The van der Waals surface area contributed by atoms with Gasteiger partial charge >= 0.3 is 6.18 Å². The molecule has 11 heteroatoms. The van der Waals surface area contributed by atoms with E-state index in [0.29, 0.717) is 11.3 Å². The minimum atomic E-state index is -4.48. The summed E-state index contributed by atoms with van der Waals surface area (Å²) in [4.78, 5) is 25.4. The third-order valence-electron chi connectivity index (χ3n) is 3.56. The zero-order chi connectivity index (χ0) is 16.5. The highest BCUT2D eigenvalue weighted by Crippen LogP contribution is 2.18. The Bertz CT molecular complexity index is 563. The Morgan fingerprint density at radius 2 is 1.86 bits per heavy atom. The van der Waals surface area contributed by atoms with Gasteiger partial charge in [-0.1, -0.05) is 0 Å². The van der Waals surface area contributed by atoms with Crippen LogP contribution in [0.2, 0.25) is 0 Å². The molecule has 0 spiro atoms. The fourth-order valence-electron chi connectivity index (χ4n) is 2.42. The molecule has 2 amide bonds. The number of sulfonamides is 1. The molecule has 2 heterocycles. The highest BCUT2D eigenvalue weighted by Gasteiger charge is 2.37. The summed E-state index contributed by atoms with van der Waals surface area (Å²) in [6.45, 7) is -2.16. The number of piperazine rings is 1. The molecular weight excluding hydrogens is 327 g/mol. The highest BCUT2D eigenvalue weighted by atomic mass is 32.2. The van der Waals surface area contributed by atoms with E-state index in [0.717, 1.165) is 9.21 Å². The van der Waals surface area contributed by atoms with Gasteiger partial charge in [0.05, 0.1) is 18.8 Å². The van der Waals surface area contributed by atoms with Crippen LogP contribution in [0.25, 0.3) is 0 Å². The molecule has 2 fully saturated rings. The summed E-state index contributed by atoms with van der Waals surface area (Å²) in [6.07, 6.45) is -4.04. The number of hydrogen-bond acceptors (Lipinski definition) is 4. The van der Waals surface area contributed by atoms with Crippen LogP contribution in [0.4, 0.5) is 13.2 Å². The Kier molecular flexibility index (Phi) is 4.66. The van der Waals surface area contributed by atoms with E-state index < -0.39 is 41.1 Å². The molecule has 0 radical (unpaired) electrons. The van der Waals surface area contributed by atoms with E-state index in [9.17, 15) is 31.2 Å². The maximum atomic E-state index is 12.3. The molecule has 0 unspecified atom stereocenters. The van der Waals surface area contributed by atoms with Gasteiger partial charge < -0.3 is 9.80 Å². The number of amides is 2. The Hall–Kier alpha value is -1.36. The number of hydrogen-bond donors (Lipinski definition) is 0. The van der Waals surface area contributed by atoms with Gasteiger partial charge in [-0.3, -0.25) is 9.59 Å². The van der Waals surface area contributed by atoms with E-state index >= 15 is 0 Å². The van der Waals surface area contributed by atoms with E-state index in [4.69, 9.17) is 0 Å². The Balaban J connectivity index is 1.90. The molecule has 0 atom stereocenters. The largest absolute Gasteiger partial charge is 0.406 e. The first-order chi connectivity index (χ1) is 10.1. The van der Waals surface area contributed by atoms with Gasteiger partial charge in [0, 0.05) is 19.6 Å². The zero-order valence-electron chi connectivity index (χ0n) is 11.7. The van der Waals surface area contributed by atoms with E-state index in [1.54, 1.807) is 0 Å². The van der Waals surface area contributed by atoms with Crippen molar-refractivity contribution in [2.75, 3.05) is 45.0 Å². The van der Waals surface area contributed by atoms with E-state index in [1.165, 1.54) is 0 Å². The standard InChI is InChI=1S/C11H16F3N3O4S/c12-11(13,14)8-16-4-3-15(6-9(16)18)10(19)7-17-2-1-5-22(17,20)21/h1-8H2. The van der Waals surface area contributed by atoms with Crippen LogP contribution in [0, 0.1) is 0 Å². The number of rotatable bonds is 3. The molecule has 0 saturated carbocycles. The summed E-state index contributed by atoms with van der Waals surface area (Å²) in [6, 6.07) is 0. The molecule has 0 N–H and O–H groups in total.